The summed E-state index contributed by atoms with van der Waals surface area (Å²) in [4.78, 5) is 0.0248. The van der Waals surface area contributed by atoms with Gasteiger partial charge in [0, 0.05) is 10.7 Å². The molecule has 0 unspecified atom stereocenters. The Bertz CT molecular complexity index is 462. The van der Waals surface area contributed by atoms with E-state index in [2.05, 4.69) is 0 Å². The second-order valence-electron chi connectivity index (χ2n) is 3.36. The molecule has 0 aliphatic heterocycles. The fourth-order valence-electron chi connectivity index (χ4n) is 1.42. The Morgan fingerprint density at radius 2 is 1.81 bits per heavy atom. The predicted molar refractivity (Wildman–Crippen MR) is 60.4 cm³/mol. The second kappa shape index (κ2) is 5.01. The molecule has 0 spiro atoms. The average Bonchev–Trinajstić information content (AvgIpc) is 2.15. The predicted octanol–water partition coefficient (Wildman–Crippen LogP) is 2.58. The first-order valence-electron chi connectivity index (χ1n) is 4.61. The van der Waals surface area contributed by atoms with E-state index >= 15 is 0 Å². The molecule has 90 valence electrons. The fourth-order valence-corrected chi connectivity index (χ4v) is 2.32. The fraction of sp³-hybridized carbons (Fsp3) is 0.400. The van der Waals surface area contributed by atoms with Crippen LogP contribution in [0.5, 0.6) is 5.75 Å². The smallest absolute Gasteiger partial charge is 0.261 e. The first-order chi connectivity index (χ1) is 7.36. The first kappa shape index (κ1) is 13.3. The molecule has 0 aromatic heterocycles. The summed E-state index contributed by atoms with van der Waals surface area (Å²) in [5, 5.41) is 0. The standard InChI is InChI=1S/C10H12ClFO3S/c1-7-5-9(16(11,13)14)6-8(2)10(7)15-4-3-12/h5-6H,3-4H2,1-2H3. The summed E-state index contributed by atoms with van der Waals surface area (Å²) < 4.78 is 39.4. The molecule has 1 aromatic rings. The van der Waals surface area contributed by atoms with Crippen molar-refractivity contribution in [1.82, 2.24) is 0 Å². The van der Waals surface area contributed by atoms with Crippen molar-refractivity contribution < 1.29 is 17.5 Å². The van der Waals surface area contributed by atoms with Crippen LogP contribution < -0.4 is 4.74 Å². The van der Waals surface area contributed by atoms with E-state index < -0.39 is 15.7 Å². The number of hydrogen-bond acceptors (Lipinski definition) is 3. The van der Waals surface area contributed by atoms with E-state index in [4.69, 9.17) is 15.4 Å². The maximum absolute atomic E-state index is 12.0. The van der Waals surface area contributed by atoms with Crippen LogP contribution in [0.25, 0.3) is 0 Å². The number of benzene rings is 1. The molecule has 0 radical (unpaired) electrons. The molecule has 0 amide bonds. The highest BCUT2D eigenvalue weighted by molar-refractivity contribution is 8.13. The van der Waals surface area contributed by atoms with E-state index in [1.807, 2.05) is 0 Å². The maximum atomic E-state index is 12.0. The molecule has 0 atom stereocenters. The third-order valence-electron chi connectivity index (χ3n) is 2.04. The molecule has 6 heteroatoms. The summed E-state index contributed by atoms with van der Waals surface area (Å²) in [7, 11) is 1.49. The molecule has 0 aliphatic rings. The van der Waals surface area contributed by atoms with Crippen molar-refractivity contribution in [3.8, 4) is 5.75 Å². The molecular formula is C10H12ClFO3S. The van der Waals surface area contributed by atoms with Gasteiger partial charge in [0.2, 0.25) is 0 Å². The minimum absolute atomic E-state index is 0.0248. The molecule has 0 saturated heterocycles. The largest absolute Gasteiger partial charge is 0.490 e. The lowest BCUT2D eigenvalue weighted by molar-refractivity contribution is 0.270. The normalized spacial score (nSPS) is 11.5. The Morgan fingerprint density at radius 1 is 1.31 bits per heavy atom. The van der Waals surface area contributed by atoms with Gasteiger partial charge in [-0.15, -0.1) is 0 Å². The van der Waals surface area contributed by atoms with Gasteiger partial charge in [0.25, 0.3) is 9.05 Å². The van der Waals surface area contributed by atoms with Crippen LogP contribution in [0.4, 0.5) is 4.39 Å². The van der Waals surface area contributed by atoms with E-state index in [0.29, 0.717) is 16.9 Å². The summed E-state index contributed by atoms with van der Waals surface area (Å²) in [6.07, 6.45) is 0. The number of ether oxygens (including phenoxy) is 1. The molecule has 0 saturated carbocycles. The van der Waals surface area contributed by atoms with Crippen LogP contribution in [0.15, 0.2) is 17.0 Å². The van der Waals surface area contributed by atoms with Gasteiger partial charge in [-0.3, -0.25) is 0 Å². The molecule has 0 heterocycles. The van der Waals surface area contributed by atoms with E-state index in [-0.39, 0.29) is 11.5 Å². The summed E-state index contributed by atoms with van der Waals surface area (Å²) >= 11 is 0. The third-order valence-corrected chi connectivity index (χ3v) is 3.37. The van der Waals surface area contributed by atoms with Crippen LogP contribution in [0.3, 0.4) is 0 Å². The van der Waals surface area contributed by atoms with Crippen LogP contribution in [-0.4, -0.2) is 21.7 Å². The molecule has 0 aliphatic carbocycles. The lowest BCUT2D eigenvalue weighted by Crippen LogP contribution is -2.03. The van der Waals surface area contributed by atoms with Crippen molar-refractivity contribution in [2.24, 2.45) is 0 Å². The molecule has 1 rings (SSSR count). The summed E-state index contributed by atoms with van der Waals surface area (Å²) in [6, 6.07) is 2.81. The highest BCUT2D eigenvalue weighted by Gasteiger charge is 2.14. The van der Waals surface area contributed by atoms with Gasteiger partial charge >= 0.3 is 0 Å². The molecular weight excluding hydrogens is 255 g/mol. The van der Waals surface area contributed by atoms with E-state index in [1.54, 1.807) is 13.8 Å². The quantitative estimate of drug-likeness (QED) is 0.787. The summed E-state index contributed by atoms with van der Waals surface area (Å²) in [5.41, 5.74) is 1.24. The van der Waals surface area contributed by atoms with Crippen molar-refractivity contribution in [1.29, 1.82) is 0 Å². The number of aryl methyl sites for hydroxylation is 2. The Hall–Kier alpha value is -0.810. The zero-order valence-electron chi connectivity index (χ0n) is 8.96. The third kappa shape index (κ3) is 3.09. The van der Waals surface area contributed by atoms with Gasteiger partial charge in [-0.05, 0) is 37.1 Å². The van der Waals surface area contributed by atoms with Gasteiger partial charge in [-0.2, -0.15) is 0 Å². The lowest BCUT2D eigenvalue weighted by Gasteiger charge is -2.11. The molecule has 0 bridgehead atoms. The van der Waals surface area contributed by atoms with Gasteiger partial charge in [0.15, 0.2) is 0 Å². The van der Waals surface area contributed by atoms with E-state index in [1.165, 1.54) is 12.1 Å². The molecule has 0 fully saturated rings. The number of alkyl halides is 1. The minimum Gasteiger partial charge on any atom is -0.490 e. The van der Waals surface area contributed by atoms with Gasteiger partial charge in [-0.25, -0.2) is 12.8 Å². The Labute approximate surface area is 98.6 Å². The van der Waals surface area contributed by atoms with Crippen molar-refractivity contribution in [2.75, 3.05) is 13.3 Å². The van der Waals surface area contributed by atoms with Crippen molar-refractivity contribution in [2.45, 2.75) is 18.7 Å². The molecule has 3 nitrogen and oxygen atoms in total. The number of halogens is 2. The van der Waals surface area contributed by atoms with Crippen molar-refractivity contribution in [3.63, 3.8) is 0 Å². The molecule has 16 heavy (non-hydrogen) atoms. The van der Waals surface area contributed by atoms with Crippen LogP contribution in [0.1, 0.15) is 11.1 Å². The average molecular weight is 267 g/mol. The Morgan fingerprint density at radius 3 is 2.19 bits per heavy atom. The van der Waals surface area contributed by atoms with Crippen LogP contribution in [-0.2, 0) is 9.05 Å². The Kier molecular flexibility index (Phi) is 4.15. The van der Waals surface area contributed by atoms with Crippen molar-refractivity contribution in [3.05, 3.63) is 23.3 Å². The monoisotopic (exact) mass is 266 g/mol. The maximum Gasteiger partial charge on any atom is 0.261 e. The topological polar surface area (TPSA) is 43.4 Å². The zero-order valence-corrected chi connectivity index (χ0v) is 10.5. The number of hydrogen-bond donors (Lipinski definition) is 0. The van der Waals surface area contributed by atoms with E-state index in [0.717, 1.165) is 0 Å². The molecule has 0 N–H and O–H groups in total. The van der Waals surface area contributed by atoms with Crippen LogP contribution in [0, 0.1) is 13.8 Å². The van der Waals surface area contributed by atoms with Gasteiger partial charge in [-0.1, -0.05) is 0 Å². The highest BCUT2D eigenvalue weighted by Crippen LogP contribution is 2.28. The highest BCUT2D eigenvalue weighted by atomic mass is 35.7. The van der Waals surface area contributed by atoms with Gasteiger partial charge in [0.05, 0.1) is 4.90 Å². The van der Waals surface area contributed by atoms with Crippen LogP contribution >= 0.6 is 10.7 Å². The first-order valence-corrected chi connectivity index (χ1v) is 6.92. The Balaban J connectivity index is 3.18. The molecule has 1 aromatic carbocycles. The summed E-state index contributed by atoms with van der Waals surface area (Å²) in [6.45, 7) is 2.74. The zero-order chi connectivity index (χ0) is 12.3. The van der Waals surface area contributed by atoms with Crippen LogP contribution in [0.2, 0.25) is 0 Å². The number of rotatable bonds is 4. The van der Waals surface area contributed by atoms with Gasteiger partial charge < -0.3 is 4.74 Å². The second-order valence-corrected chi connectivity index (χ2v) is 5.93. The minimum atomic E-state index is -3.74. The van der Waals surface area contributed by atoms with Gasteiger partial charge in [0.1, 0.15) is 19.0 Å². The lowest BCUT2D eigenvalue weighted by atomic mass is 10.1. The van der Waals surface area contributed by atoms with Crippen molar-refractivity contribution >= 4 is 19.7 Å². The van der Waals surface area contributed by atoms with E-state index in [9.17, 15) is 12.8 Å². The summed E-state index contributed by atoms with van der Waals surface area (Å²) in [5.74, 6) is 0.502. The SMILES string of the molecule is Cc1cc(S(=O)(=O)Cl)cc(C)c1OCCF.